The molecule has 66 valence electrons. The number of nitrogens with two attached hydrogens (primary N) is 2. The second-order valence-electron chi connectivity index (χ2n) is 3.32. The van der Waals surface area contributed by atoms with Gasteiger partial charge in [0.2, 0.25) is 0 Å². The first-order valence-electron chi connectivity index (χ1n) is 4.32. The molecular weight excluding hydrogens is 152 g/mol. The van der Waals surface area contributed by atoms with Gasteiger partial charge in [-0.05, 0) is 12.8 Å². The van der Waals surface area contributed by atoms with Crippen LogP contribution < -0.4 is 11.5 Å². The van der Waals surface area contributed by atoms with Crippen molar-refractivity contribution < 1.29 is 0 Å². The lowest BCUT2D eigenvalue weighted by Gasteiger charge is -2.15. The first kappa shape index (κ1) is 7.76. The van der Waals surface area contributed by atoms with Gasteiger partial charge in [-0.2, -0.15) is 0 Å². The fraction of sp³-hybridized carbons (Fsp3) is 0.625. The van der Waals surface area contributed by atoms with Crippen LogP contribution in [0.25, 0.3) is 0 Å². The number of aromatic nitrogens is 2. The molecular formula is C8H14N4. The molecule has 0 aromatic carbocycles. The molecule has 0 spiro atoms. The van der Waals surface area contributed by atoms with Crippen molar-refractivity contribution in [2.24, 2.45) is 11.5 Å². The van der Waals surface area contributed by atoms with Crippen LogP contribution >= 0.6 is 0 Å². The number of nitrogens with zero attached hydrogens (tertiary/aromatic N) is 1. The monoisotopic (exact) mass is 166 g/mol. The van der Waals surface area contributed by atoms with Crippen molar-refractivity contribution in [3.8, 4) is 0 Å². The Balaban J connectivity index is 2.28. The third-order valence-corrected chi connectivity index (χ3v) is 2.33. The van der Waals surface area contributed by atoms with Gasteiger partial charge >= 0.3 is 0 Å². The molecule has 4 heteroatoms. The van der Waals surface area contributed by atoms with Crippen LogP contribution in [0.15, 0.2) is 0 Å². The molecule has 1 atom stereocenters. The molecule has 5 N–H and O–H groups in total. The van der Waals surface area contributed by atoms with Gasteiger partial charge in [0.15, 0.2) is 0 Å². The summed E-state index contributed by atoms with van der Waals surface area (Å²) in [6.07, 6.45) is 2.96. The van der Waals surface area contributed by atoms with Crippen LogP contribution in [0.2, 0.25) is 0 Å². The predicted molar refractivity (Wildman–Crippen MR) is 46.5 cm³/mol. The number of fused-ring (bicyclic) bond motifs is 1. The maximum absolute atomic E-state index is 5.82. The Hall–Kier alpha value is -0.870. The molecule has 0 bridgehead atoms. The van der Waals surface area contributed by atoms with Gasteiger partial charge in [-0.3, -0.25) is 0 Å². The quantitative estimate of drug-likeness (QED) is 0.535. The molecule has 2 rings (SSSR count). The summed E-state index contributed by atoms with van der Waals surface area (Å²) >= 11 is 0. The van der Waals surface area contributed by atoms with E-state index >= 15 is 0 Å². The van der Waals surface area contributed by atoms with Gasteiger partial charge in [0.05, 0.1) is 12.2 Å². The average molecular weight is 166 g/mol. The number of aromatic amines is 1. The van der Waals surface area contributed by atoms with Crippen molar-refractivity contribution in [3.63, 3.8) is 0 Å². The number of aryl methyl sites for hydroxylation is 1. The molecule has 1 aromatic heterocycles. The van der Waals surface area contributed by atoms with Crippen LogP contribution in [0.5, 0.6) is 0 Å². The number of nitrogens with one attached hydrogen (secondary N) is 1. The molecule has 1 aromatic rings. The summed E-state index contributed by atoms with van der Waals surface area (Å²) in [5.41, 5.74) is 13.6. The third-order valence-electron chi connectivity index (χ3n) is 2.33. The van der Waals surface area contributed by atoms with Crippen LogP contribution in [-0.4, -0.2) is 16.0 Å². The van der Waals surface area contributed by atoms with Crippen LogP contribution in [0.3, 0.4) is 0 Å². The average Bonchev–Trinajstić information content (AvgIpc) is 2.46. The largest absolute Gasteiger partial charge is 0.345 e. The van der Waals surface area contributed by atoms with Crippen molar-refractivity contribution in [1.29, 1.82) is 0 Å². The standard InChI is InChI=1S/C8H14N4/c9-4-8-11-6-2-1-5(10)3-7(6)12-8/h5H,1-4,9-10H2,(H,11,12). The Morgan fingerprint density at radius 2 is 2.42 bits per heavy atom. The molecule has 0 radical (unpaired) electrons. The van der Waals surface area contributed by atoms with Crippen molar-refractivity contribution in [2.45, 2.75) is 31.8 Å². The molecule has 0 fully saturated rings. The van der Waals surface area contributed by atoms with Gasteiger partial charge in [-0.15, -0.1) is 0 Å². The smallest absolute Gasteiger partial charge is 0.120 e. The molecule has 1 heterocycles. The minimum Gasteiger partial charge on any atom is -0.345 e. The summed E-state index contributed by atoms with van der Waals surface area (Å²) in [5.74, 6) is 0.883. The van der Waals surface area contributed by atoms with Gasteiger partial charge < -0.3 is 16.5 Å². The normalized spacial score (nSPS) is 22.3. The lowest BCUT2D eigenvalue weighted by atomic mass is 9.97. The van der Waals surface area contributed by atoms with Gasteiger partial charge in [-0.1, -0.05) is 0 Å². The SMILES string of the molecule is NCc1nc2c([nH]1)CC(N)CC2. The highest BCUT2D eigenvalue weighted by Gasteiger charge is 2.18. The zero-order valence-corrected chi connectivity index (χ0v) is 7.01. The molecule has 0 saturated carbocycles. The van der Waals surface area contributed by atoms with E-state index in [0.29, 0.717) is 12.6 Å². The van der Waals surface area contributed by atoms with E-state index in [-0.39, 0.29) is 0 Å². The lowest BCUT2D eigenvalue weighted by Crippen LogP contribution is -2.27. The van der Waals surface area contributed by atoms with E-state index in [0.717, 1.165) is 30.8 Å². The summed E-state index contributed by atoms with van der Waals surface area (Å²) < 4.78 is 0. The summed E-state index contributed by atoms with van der Waals surface area (Å²) in [5, 5.41) is 0. The second kappa shape index (κ2) is 2.88. The highest BCUT2D eigenvalue weighted by molar-refractivity contribution is 5.19. The Labute approximate surface area is 71.4 Å². The highest BCUT2D eigenvalue weighted by atomic mass is 15.0. The highest BCUT2D eigenvalue weighted by Crippen LogP contribution is 2.17. The molecule has 1 unspecified atom stereocenters. The molecule has 1 aliphatic carbocycles. The molecule has 4 nitrogen and oxygen atoms in total. The summed E-state index contributed by atoms with van der Waals surface area (Å²) in [6, 6.07) is 0.295. The van der Waals surface area contributed by atoms with Crippen molar-refractivity contribution in [3.05, 3.63) is 17.2 Å². The molecule has 0 aliphatic heterocycles. The second-order valence-corrected chi connectivity index (χ2v) is 3.32. The Morgan fingerprint density at radius 1 is 1.58 bits per heavy atom. The predicted octanol–water partition coefficient (Wildman–Crippen LogP) is -0.316. The van der Waals surface area contributed by atoms with E-state index in [9.17, 15) is 0 Å². The van der Waals surface area contributed by atoms with Gasteiger partial charge in [0.25, 0.3) is 0 Å². The summed E-state index contributed by atoms with van der Waals surface area (Å²) in [4.78, 5) is 7.57. The summed E-state index contributed by atoms with van der Waals surface area (Å²) in [7, 11) is 0. The Morgan fingerprint density at radius 3 is 3.17 bits per heavy atom. The van der Waals surface area contributed by atoms with Gasteiger partial charge in [-0.25, -0.2) is 4.98 Å². The van der Waals surface area contributed by atoms with E-state index in [4.69, 9.17) is 11.5 Å². The van der Waals surface area contributed by atoms with Crippen LogP contribution in [0, 0.1) is 0 Å². The molecule has 0 saturated heterocycles. The maximum Gasteiger partial charge on any atom is 0.120 e. The van der Waals surface area contributed by atoms with Crippen LogP contribution in [-0.2, 0) is 19.4 Å². The number of imidazole rings is 1. The number of H-pyrrole nitrogens is 1. The number of hydrogen-bond acceptors (Lipinski definition) is 3. The lowest BCUT2D eigenvalue weighted by molar-refractivity contribution is 0.565. The van der Waals surface area contributed by atoms with E-state index in [1.807, 2.05) is 0 Å². The summed E-state index contributed by atoms with van der Waals surface area (Å²) in [6.45, 7) is 0.488. The van der Waals surface area contributed by atoms with E-state index < -0.39 is 0 Å². The first-order valence-corrected chi connectivity index (χ1v) is 4.32. The molecule has 0 amide bonds. The Bertz CT molecular complexity index is 279. The van der Waals surface area contributed by atoms with Crippen molar-refractivity contribution in [1.82, 2.24) is 9.97 Å². The number of rotatable bonds is 1. The Kier molecular flexibility index (Phi) is 1.86. The molecule has 1 aliphatic rings. The van der Waals surface area contributed by atoms with E-state index in [1.54, 1.807) is 0 Å². The first-order chi connectivity index (χ1) is 5.79. The third kappa shape index (κ3) is 1.23. The minimum atomic E-state index is 0.295. The molecule has 12 heavy (non-hydrogen) atoms. The van der Waals surface area contributed by atoms with E-state index in [2.05, 4.69) is 9.97 Å². The minimum absolute atomic E-state index is 0.295. The van der Waals surface area contributed by atoms with Crippen LogP contribution in [0.4, 0.5) is 0 Å². The van der Waals surface area contributed by atoms with Crippen molar-refractivity contribution >= 4 is 0 Å². The van der Waals surface area contributed by atoms with E-state index in [1.165, 1.54) is 5.69 Å². The van der Waals surface area contributed by atoms with Crippen molar-refractivity contribution in [2.75, 3.05) is 0 Å². The fourth-order valence-electron chi connectivity index (χ4n) is 1.66. The van der Waals surface area contributed by atoms with Crippen LogP contribution in [0.1, 0.15) is 23.6 Å². The maximum atomic E-state index is 5.82. The fourth-order valence-corrected chi connectivity index (χ4v) is 1.66. The van der Waals surface area contributed by atoms with Gasteiger partial charge in [0.1, 0.15) is 5.82 Å². The van der Waals surface area contributed by atoms with Gasteiger partial charge in [0, 0.05) is 18.2 Å². The zero-order chi connectivity index (χ0) is 8.55. The zero-order valence-electron chi connectivity index (χ0n) is 7.01. The topological polar surface area (TPSA) is 80.7 Å². The number of hydrogen-bond donors (Lipinski definition) is 3.